The lowest BCUT2D eigenvalue weighted by atomic mass is 9.68. The molecule has 0 aromatic heterocycles. The Hall–Kier alpha value is -2.67. The molecule has 3 rings (SSSR count). The van der Waals surface area contributed by atoms with Crippen LogP contribution in [0.4, 0.5) is 0 Å². The zero-order valence-electron chi connectivity index (χ0n) is 20.7. The van der Waals surface area contributed by atoms with E-state index in [2.05, 4.69) is 17.6 Å². The van der Waals surface area contributed by atoms with Crippen LogP contribution in [0.3, 0.4) is 0 Å². The molecule has 0 bridgehead atoms. The highest BCUT2D eigenvalue weighted by molar-refractivity contribution is 5.97. The van der Waals surface area contributed by atoms with Crippen LogP contribution in [0, 0.1) is 29.6 Å². The predicted molar refractivity (Wildman–Crippen MR) is 131 cm³/mol. The minimum absolute atomic E-state index is 0.00685. The Kier molecular flexibility index (Phi) is 8.89. The first-order valence-corrected chi connectivity index (χ1v) is 12.5. The number of carbonyl (C=O) groups is 3. The van der Waals surface area contributed by atoms with Crippen molar-refractivity contribution in [1.29, 1.82) is 0 Å². The van der Waals surface area contributed by atoms with Gasteiger partial charge in [0, 0.05) is 19.5 Å². The highest BCUT2D eigenvalue weighted by Gasteiger charge is 2.58. The molecule has 34 heavy (non-hydrogen) atoms. The molecule has 0 saturated carbocycles. The van der Waals surface area contributed by atoms with E-state index in [9.17, 15) is 19.5 Å². The lowest BCUT2D eigenvalue weighted by Gasteiger charge is -2.36. The summed E-state index contributed by atoms with van der Waals surface area (Å²) in [4.78, 5) is 42.1. The van der Waals surface area contributed by atoms with Crippen LogP contribution in [-0.2, 0) is 20.9 Å². The number of rotatable bonds is 10. The molecule has 1 aromatic rings. The number of carbonyl (C=O) groups excluding carboxylic acids is 3. The third-order valence-corrected chi connectivity index (χ3v) is 7.64. The van der Waals surface area contributed by atoms with E-state index in [1.165, 1.54) is 0 Å². The maximum Gasteiger partial charge on any atom is 0.243 e. The standard InChI is InChI=1S/C27H39N3O4/c1-5-10-19-13-14-20-23(22(19)25(32)28-4)27(34)30(21(16-31)17(3)6-2)24(20)26(33)29-15-18-11-8-7-9-12-18/h7-9,11-14,17,19-24,31H,5-6,10,15-16H2,1-4H3,(H,28,32)(H,29,33)/t17-,19+,20-,21-,22+,23-,24-/m0/s1. The topological polar surface area (TPSA) is 98.7 Å². The van der Waals surface area contributed by atoms with Crippen LogP contribution in [-0.4, -0.2) is 53.5 Å². The van der Waals surface area contributed by atoms with Crippen molar-refractivity contribution in [2.75, 3.05) is 13.7 Å². The smallest absolute Gasteiger partial charge is 0.243 e. The molecule has 1 fully saturated rings. The maximum atomic E-state index is 14.0. The molecule has 1 aliphatic heterocycles. The van der Waals surface area contributed by atoms with Gasteiger partial charge in [-0.25, -0.2) is 0 Å². The van der Waals surface area contributed by atoms with Crippen molar-refractivity contribution in [1.82, 2.24) is 15.5 Å². The third-order valence-electron chi connectivity index (χ3n) is 7.64. The van der Waals surface area contributed by atoms with E-state index < -0.39 is 29.8 Å². The maximum absolute atomic E-state index is 14.0. The summed E-state index contributed by atoms with van der Waals surface area (Å²) in [6, 6.07) is 8.38. The van der Waals surface area contributed by atoms with Gasteiger partial charge in [-0.05, 0) is 23.8 Å². The van der Waals surface area contributed by atoms with Crippen LogP contribution >= 0.6 is 0 Å². The Morgan fingerprint density at radius 3 is 2.41 bits per heavy atom. The molecule has 0 unspecified atom stereocenters. The fourth-order valence-corrected chi connectivity index (χ4v) is 5.64. The number of aliphatic hydroxyl groups excluding tert-OH is 1. The average molecular weight is 470 g/mol. The van der Waals surface area contributed by atoms with Gasteiger partial charge in [-0.1, -0.05) is 76.1 Å². The molecule has 7 atom stereocenters. The van der Waals surface area contributed by atoms with Gasteiger partial charge in [0.05, 0.1) is 24.5 Å². The average Bonchev–Trinajstić information content (AvgIpc) is 3.15. The molecule has 0 spiro atoms. The first-order chi connectivity index (χ1) is 16.4. The number of nitrogens with zero attached hydrogens (tertiary/aromatic N) is 1. The first kappa shape index (κ1) is 25.9. The van der Waals surface area contributed by atoms with Crippen molar-refractivity contribution >= 4 is 17.7 Å². The fourth-order valence-electron chi connectivity index (χ4n) is 5.64. The summed E-state index contributed by atoms with van der Waals surface area (Å²) in [6.07, 6.45) is 6.45. The first-order valence-electron chi connectivity index (χ1n) is 12.5. The number of likely N-dealkylation sites (tertiary alicyclic amines) is 1. The minimum atomic E-state index is -0.765. The van der Waals surface area contributed by atoms with Crippen LogP contribution < -0.4 is 10.6 Å². The van der Waals surface area contributed by atoms with Crippen LogP contribution in [0.1, 0.15) is 45.6 Å². The molecule has 186 valence electrons. The number of aliphatic hydroxyl groups is 1. The molecule has 1 aromatic carbocycles. The van der Waals surface area contributed by atoms with Gasteiger partial charge in [0.2, 0.25) is 17.7 Å². The van der Waals surface area contributed by atoms with E-state index in [1.54, 1.807) is 11.9 Å². The number of hydrogen-bond acceptors (Lipinski definition) is 4. The Balaban J connectivity index is 2.00. The second-order valence-electron chi connectivity index (χ2n) is 9.61. The van der Waals surface area contributed by atoms with Crippen LogP contribution in [0.2, 0.25) is 0 Å². The van der Waals surface area contributed by atoms with Gasteiger partial charge in [0.25, 0.3) is 0 Å². The highest BCUT2D eigenvalue weighted by atomic mass is 16.3. The highest BCUT2D eigenvalue weighted by Crippen LogP contribution is 2.46. The van der Waals surface area contributed by atoms with Crippen molar-refractivity contribution < 1.29 is 19.5 Å². The summed E-state index contributed by atoms with van der Waals surface area (Å²) in [5.41, 5.74) is 0.967. The second kappa shape index (κ2) is 11.6. The third kappa shape index (κ3) is 5.04. The number of amides is 3. The van der Waals surface area contributed by atoms with Gasteiger partial charge >= 0.3 is 0 Å². The van der Waals surface area contributed by atoms with Gasteiger partial charge in [0.1, 0.15) is 6.04 Å². The summed E-state index contributed by atoms with van der Waals surface area (Å²) in [7, 11) is 1.59. The summed E-state index contributed by atoms with van der Waals surface area (Å²) >= 11 is 0. The van der Waals surface area contributed by atoms with E-state index in [0.717, 1.165) is 24.8 Å². The summed E-state index contributed by atoms with van der Waals surface area (Å²) in [6.45, 7) is 6.18. The van der Waals surface area contributed by atoms with Gasteiger partial charge < -0.3 is 20.6 Å². The molecule has 3 N–H and O–H groups in total. The normalized spacial score (nSPS) is 27.7. The lowest BCUT2D eigenvalue weighted by Crippen LogP contribution is -2.54. The summed E-state index contributed by atoms with van der Waals surface area (Å²) < 4.78 is 0. The molecule has 7 heteroatoms. The quantitative estimate of drug-likeness (QED) is 0.459. The SMILES string of the molecule is CCC[C@@H]1C=C[C@H]2[C@H](C(=O)N([C@@H](CO)[C@@H](C)CC)[C@@H]2C(=O)NCc2ccccc2)[C@@H]1C(=O)NC. The Bertz CT molecular complexity index is 887. The monoisotopic (exact) mass is 469 g/mol. The Morgan fingerprint density at radius 2 is 1.82 bits per heavy atom. The number of allylic oxidation sites excluding steroid dienone is 1. The minimum Gasteiger partial charge on any atom is -0.394 e. The van der Waals surface area contributed by atoms with E-state index in [0.29, 0.717) is 6.54 Å². The predicted octanol–water partition coefficient (Wildman–Crippen LogP) is 2.50. The van der Waals surface area contributed by atoms with Crippen molar-refractivity contribution in [3.63, 3.8) is 0 Å². The molecule has 3 amide bonds. The van der Waals surface area contributed by atoms with E-state index >= 15 is 0 Å². The van der Waals surface area contributed by atoms with Gasteiger partial charge in [-0.15, -0.1) is 0 Å². The van der Waals surface area contributed by atoms with Gasteiger partial charge in [-0.2, -0.15) is 0 Å². The van der Waals surface area contributed by atoms with Gasteiger partial charge in [0.15, 0.2) is 0 Å². The van der Waals surface area contributed by atoms with Crippen LogP contribution in [0.25, 0.3) is 0 Å². The lowest BCUT2D eigenvalue weighted by molar-refractivity contribution is -0.144. The van der Waals surface area contributed by atoms with Crippen LogP contribution in [0.5, 0.6) is 0 Å². The van der Waals surface area contributed by atoms with E-state index in [1.807, 2.05) is 56.3 Å². The van der Waals surface area contributed by atoms with Gasteiger partial charge in [-0.3, -0.25) is 14.4 Å². The molecular formula is C27H39N3O4. The number of benzene rings is 1. The van der Waals surface area contributed by atoms with E-state index in [4.69, 9.17) is 0 Å². The molecule has 1 saturated heterocycles. The molecule has 1 heterocycles. The number of fused-ring (bicyclic) bond motifs is 1. The Morgan fingerprint density at radius 1 is 1.12 bits per heavy atom. The Labute approximate surface area is 203 Å². The molecule has 0 radical (unpaired) electrons. The molecule has 1 aliphatic carbocycles. The van der Waals surface area contributed by atoms with Crippen LogP contribution in [0.15, 0.2) is 42.5 Å². The van der Waals surface area contributed by atoms with Crippen molar-refractivity contribution in [3.05, 3.63) is 48.0 Å². The zero-order chi connectivity index (χ0) is 24.8. The van der Waals surface area contributed by atoms with E-state index in [-0.39, 0.29) is 36.2 Å². The molecular weight excluding hydrogens is 430 g/mol. The summed E-state index contributed by atoms with van der Waals surface area (Å²) in [5, 5.41) is 16.0. The molecule has 7 nitrogen and oxygen atoms in total. The second-order valence-corrected chi connectivity index (χ2v) is 9.61. The fraction of sp³-hybridized carbons (Fsp3) is 0.593. The number of nitrogens with one attached hydrogen (secondary N) is 2. The summed E-state index contributed by atoms with van der Waals surface area (Å²) in [5.74, 6) is -2.24. The number of hydrogen-bond donors (Lipinski definition) is 3. The van der Waals surface area contributed by atoms with Crippen molar-refractivity contribution in [3.8, 4) is 0 Å². The van der Waals surface area contributed by atoms with Crippen molar-refractivity contribution in [2.45, 2.75) is 58.7 Å². The largest absolute Gasteiger partial charge is 0.394 e. The van der Waals surface area contributed by atoms with Crippen molar-refractivity contribution in [2.24, 2.45) is 29.6 Å². The molecule has 2 aliphatic rings. The zero-order valence-corrected chi connectivity index (χ0v) is 20.7.